The second-order valence-electron chi connectivity index (χ2n) is 8.50. The average molecular weight is 497 g/mol. The molecule has 1 aliphatic rings. The molecule has 7 heteroatoms. The lowest BCUT2D eigenvalue weighted by molar-refractivity contribution is -0.117. The van der Waals surface area contributed by atoms with Gasteiger partial charge in [-0.25, -0.2) is 4.98 Å². The van der Waals surface area contributed by atoms with Crippen LogP contribution in [0.1, 0.15) is 37.5 Å². The molecular formula is C29H24N2O4S. The number of hydrogen-bond acceptors (Lipinski definition) is 6. The van der Waals surface area contributed by atoms with Crippen LogP contribution in [0.25, 0.3) is 0 Å². The van der Waals surface area contributed by atoms with E-state index < -0.39 is 23.5 Å². The van der Waals surface area contributed by atoms with Crippen LogP contribution in [0.5, 0.6) is 5.75 Å². The summed E-state index contributed by atoms with van der Waals surface area (Å²) in [7, 11) is 0. The number of amides is 1. The number of para-hydroxylation sites is 1. The molecule has 1 N–H and O–H groups in total. The van der Waals surface area contributed by atoms with E-state index in [0.29, 0.717) is 34.2 Å². The number of carbonyl (C=O) groups excluding carboxylic acids is 2. The summed E-state index contributed by atoms with van der Waals surface area (Å²) >= 11 is 1.26. The summed E-state index contributed by atoms with van der Waals surface area (Å²) in [6.07, 6.45) is 0. The van der Waals surface area contributed by atoms with Crippen molar-refractivity contribution in [2.24, 2.45) is 0 Å². The lowest BCUT2D eigenvalue weighted by atomic mass is 9.94. The van der Waals surface area contributed by atoms with E-state index in [9.17, 15) is 14.7 Å². The van der Waals surface area contributed by atoms with Gasteiger partial charge < -0.3 is 9.84 Å². The van der Waals surface area contributed by atoms with Crippen molar-refractivity contribution in [3.63, 3.8) is 0 Å². The molecule has 1 aromatic heterocycles. The van der Waals surface area contributed by atoms with Crippen LogP contribution in [0, 0.1) is 13.8 Å². The fourth-order valence-electron chi connectivity index (χ4n) is 4.36. The van der Waals surface area contributed by atoms with E-state index in [1.165, 1.54) is 16.2 Å². The van der Waals surface area contributed by atoms with Crippen LogP contribution >= 0.6 is 11.3 Å². The summed E-state index contributed by atoms with van der Waals surface area (Å²) in [5, 5.41) is 11.7. The normalized spacial score (nSPS) is 15.4. The molecule has 4 aromatic rings. The van der Waals surface area contributed by atoms with Crippen molar-refractivity contribution in [3.05, 3.63) is 123 Å². The minimum absolute atomic E-state index is 0.0496. The van der Waals surface area contributed by atoms with Gasteiger partial charge in [0.1, 0.15) is 12.4 Å². The lowest BCUT2D eigenvalue weighted by Crippen LogP contribution is -2.31. The third-order valence-corrected chi connectivity index (χ3v) is 7.11. The molecule has 2 heterocycles. The Morgan fingerprint density at radius 1 is 0.972 bits per heavy atom. The van der Waals surface area contributed by atoms with Crippen molar-refractivity contribution in [1.82, 2.24) is 4.98 Å². The molecule has 5 rings (SSSR count). The van der Waals surface area contributed by atoms with Gasteiger partial charge >= 0.3 is 0 Å². The average Bonchev–Trinajstić information content (AvgIpc) is 3.38. The molecule has 36 heavy (non-hydrogen) atoms. The summed E-state index contributed by atoms with van der Waals surface area (Å²) in [6, 6.07) is 25.4. The van der Waals surface area contributed by atoms with Gasteiger partial charge in [0.2, 0.25) is 5.78 Å². The molecule has 0 fully saturated rings. The molecule has 0 saturated carbocycles. The summed E-state index contributed by atoms with van der Waals surface area (Å²) in [5.74, 6) is -0.883. The van der Waals surface area contributed by atoms with Gasteiger partial charge in [0, 0.05) is 5.69 Å². The molecule has 0 aliphatic carbocycles. The molecule has 1 atom stereocenters. The number of Topliss-reactive ketones (excluding diaryl/α,β-unsaturated/α-hetero) is 1. The number of thiazole rings is 1. The largest absolute Gasteiger partial charge is 0.503 e. The fraction of sp³-hybridized carbons (Fsp3) is 0.138. The van der Waals surface area contributed by atoms with Gasteiger partial charge in [-0.2, -0.15) is 0 Å². The smallest absolute Gasteiger partial charge is 0.294 e. The Kier molecular flexibility index (Phi) is 6.40. The molecule has 6 nitrogen and oxygen atoms in total. The zero-order valence-electron chi connectivity index (χ0n) is 19.8. The molecule has 1 aliphatic heterocycles. The maximum atomic E-state index is 13.7. The van der Waals surface area contributed by atoms with Gasteiger partial charge in [-0.15, -0.1) is 11.3 Å². The summed E-state index contributed by atoms with van der Waals surface area (Å²) in [6.45, 7) is 4.00. The number of anilines is 1. The van der Waals surface area contributed by atoms with Gasteiger partial charge in [0.15, 0.2) is 5.76 Å². The Morgan fingerprint density at radius 3 is 2.22 bits per heavy atom. The molecule has 0 saturated heterocycles. The summed E-state index contributed by atoms with van der Waals surface area (Å²) in [4.78, 5) is 33.2. The number of carbonyl (C=O) groups is 2. The number of nitrogens with zero attached hydrogens (tertiary/aromatic N) is 2. The Morgan fingerprint density at radius 2 is 1.61 bits per heavy atom. The monoisotopic (exact) mass is 496 g/mol. The van der Waals surface area contributed by atoms with Crippen molar-refractivity contribution in [2.45, 2.75) is 26.5 Å². The van der Waals surface area contributed by atoms with Crippen LogP contribution in [0.2, 0.25) is 0 Å². The van der Waals surface area contributed by atoms with Crippen molar-refractivity contribution in [2.75, 3.05) is 4.90 Å². The topological polar surface area (TPSA) is 79.7 Å². The first-order chi connectivity index (χ1) is 17.4. The summed E-state index contributed by atoms with van der Waals surface area (Å²) < 4.78 is 5.91. The number of benzene rings is 3. The number of hydrogen-bond donors (Lipinski definition) is 1. The predicted molar refractivity (Wildman–Crippen MR) is 139 cm³/mol. The van der Waals surface area contributed by atoms with Crippen molar-refractivity contribution >= 4 is 28.7 Å². The van der Waals surface area contributed by atoms with Gasteiger partial charge in [-0.05, 0) is 49.2 Å². The minimum atomic E-state index is -0.794. The van der Waals surface area contributed by atoms with Gasteiger partial charge in [0.05, 0.1) is 27.2 Å². The number of rotatable bonds is 7. The highest BCUT2D eigenvalue weighted by molar-refractivity contribution is 7.14. The van der Waals surface area contributed by atoms with E-state index in [4.69, 9.17) is 4.74 Å². The van der Waals surface area contributed by atoms with Gasteiger partial charge in [0.25, 0.3) is 5.91 Å². The lowest BCUT2D eigenvalue weighted by Gasteiger charge is -2.27. The minimum Gasteiger partial charge on any atom is -0.503 e. The molecule has 180 valence electrons. The number of aliphatic hydroxyl groups is 1. The molecular weight excluding hydrogens is 472 g/mol. The molecule has 1 unspecified atom stereocenters. The molecule has 3 aromatic carbocycles. The zero-order chi connectivity index (χ0) is 25.2. The van der Waals surface area contributed by atoms with E-state index in [1.807, 2.05) is 79.7 Å². The van der Waals surface area contributed by atoms with Gasteiger partial charge in [-0.3, -0.25) is 14.5 Å². The highest BCUT2D eigenvalue weighted by Crippen LogP contribution is 2.43. The first-order valence-corrected chi connectivity index (χ1v) is 12.3. The zero-order valence-corrected chi connectivity index (χ0v) is 20.7. The van der Waals surface area contributed by atoms with Crippen molar-refractivity contribution in [3.8, 4) is 5.75 Å². The van der Waals surface area contributed by atoms with E-state index in [1.54, 1.807) is 19.1 Å². The molecule has 0 spiro atoms. The maximum Gasteiger partial charge on any atom is 0.294 e. The Bertz CT molecular complexity index is 1440. The standard InChI is InChI=1S/C29H24N2O4S/c1-18-28(36-19(2)30-18)26(32)24-25(31(29(34)27(24)33)22-11-7-4-8-12-22)21-13-15-23(16-14-21)35-17-20-9-5-3-6-10-20/h3-16,25,33H,17H2,1-2H3. The van der Waals surface area contributed by atoms with Crippen LogP contribution < -0.4 is 9.64 Å². The number of ketones is 1. The van der Waals surface area contributed by atoms with Gasteiger partial charge in [-0.1, -0.05) is 60.7 Å². The van der Waals surface area contributed by atoms with Crippen LogP contribution in [0.3, 0.4) is 0 Å². The Hall–Kier alpha value is -4.23. The van der Waals surface area contributed by atoms with E-state index in [2.05, 4.69) is 4.98 Å². The second-order valence-corrected chi connectivity index (χ2v) is 9.70. The third kappa shape index (κ3) is 4.41. The van der Waals surface area contributed by atoms with Crippen LogP contribution in [-0.4, -0.2) is 21.8 Å². The second kappa shape index (κ2) is 9.79. The van der Waals surface area contributed by atoms with E-state index in [-0.39, 0.29) is 5.57 Å². The molecule has 0 bridgehead atoms. The van der Waals surface area contributed by atoms with Crippen molar-refractivity contribution in [1.29, 1.82) is 0 Å². The fourth-order valence-corrected chi connectivity index (χ4v) is 5.23. The van der Waals surface area contributed by atoms with Crippen LogP contribution in [-0.2, 0) is 11.4 Å². The number of aryl methyl sites for hydroxylation is 2. The van der Waals surface area contributed by atoms with Crippen LogP contribution in [0.4, 0.5) is 5.69 Å². The molecule has 0 radical (unpaired) electrons. The van der Waals surface area contributed by atoms with Crippen LogP contribution in [0.15, 0.2) is 96.3 Å². The quantitative estimate of drug-likeness (QED) is 0.312. The molecule has 1 amide bonds. The predicted octanol–water partition coefficient (Wildman–Crippen LogP) is 6.12. The Labute approximate surface area is 213 Å². The van der Waals surface area contributed by atoms with E-state index >= 15 is 0 Å². The van der Waals surface area contributed by atoms with E-state index in [0.717, 1.165) is 10.6 Å². The number of ether oxygens (including phenoxy) is 1. The highest BCUT2D eigenvalue weighted by atomic mass is 32.1. The number of aromatic nitrogens is 1. The maximum absolute atomic E-state index is 13.7. The highest BCUT2D eigenvalue weighted by Gasteiger charge is 2.45. The first-order valence-electron chi connectivity index (χ1n) is 11.5. The number of aliphatic hydroxyl groups excluding tert-OH is 1. The first kappa shape index (κ1) is 23.5. The SMILES string of the molecule is Cc1nc(C)c(C(=O)C2=C(O)C(=O)N(c3ccccc3)C2c2ccc(OCc3ccccc3)cc2)s1. The third-order valence-electron chi connectivity index (χ3n) is 6.04. The summed E-state index contributed by atoms with van der Waals surface area (Å²) in [5.41, 5.74) is 2.95. The Balaban J connectivity index is 1.52. The van der Waals surface area contributed by atoms with Crippen molar-refractivity contribution < 1.29 is 19.4 Å².